The minimum absolute atomic E-state index is 0.0624. The smallest absolute Gasteiger partial charge is 0.186 e. The molecule has 17 heavy (non-hydrogen) atoms. The van der Waals surface area contributed by atoms with Crippen LogP contribution < -0.4 is 0 Å². The average molecular weight is 233 g/mol. The van der Waals surface area contributed by atoms with Crippen LogP contribution in [0.5, 0.6) is 0 Å². The van der Waals surface area contributed by atoms with Gasteiger partial charge in [0, 0.05) is 29.7 Å². The molecule has 0 radical (unpaired) electrons. The molecule has 0 amide bonds. The Morgan fingerprint density at radius 2 is 2.12 bits per heavy atom. The van der Waals surface area contributed by atoms with Crippen molar-refractivity contribution in [3.8, 4) is 0 Å². The van der Waals surface area contributed by atoms with E-state index in [0.717, 1.165) is 22.0 Å². The molecule has 1 fully saturated rings. The Bertz CT molecular complexity index is 541. The SMILES string of the molecule is Cn1cc(C2OCCO2)c2ccc(CO)cc21. The second-order valence-electron chi connectivity index (χ2n) is 4.28. The first-order chi connectivity index (χ1) is 8.29. The van der Waals surface area contributed by atoms with Crippen LogP contribution in [-0.2, 0) is 23.1 Å². The third-order valence-corrected chi connectivity index (χ3v) is 3.14. The Morgan fingerprint density at radius 1 is 1.35 bits per heavy atom. The Balaban J connectivity index is 2.13. The minimum Gasteiger partial charge on any atom is -0.392 e. The van der Waals surface area contributed by atoms with Crippen molar-refractivity contribution in [3.63, 3.8) is 0 Å². The molecule has 0 aliphatic carbocycles. The van der Waals surface area contributed by atoms with E-state index in [1.54, 1.807) is 0 Å². The number of hydrogen-bond donors (Lipinski definition) is 1. The molecule has 0 atom stereocenters. The zero-order valence-corrected chi connectivity index (χ0v) is 9.72. The van der Waals surface area contributed by atoms with E-state index in [4.69, 9.17) is 14.6 Å². The van der Waals surface area contributed by atoms with Crippen LogP contribution in [0.2, 0.25) is 0 Å². The highest BCUT2D eigenvalue weighted by Gasteiger charge is 2.22. The summed E-state index contributed by atoms with van der Waals surface area (Å²) in [5.41, 5.74) is 3.06. The van der Waals surface area contributed by atoms with E-state index in [9.17, 15) is 0 Å². The van der Waals surface area contributed by atoms with E-state index in [1.807, 2.05) is 36.0 Å². The first kappa shape index (κ1) is 10.8. The Hall–Kier alpha value is -1.36. The van der Waals surface area contributed by atoms with Crippen molar-refractivity contribution < 1.29 is 14.6 Å². The van der Waals surface area contributed by atoms with Crippen LogP contribution in [0.1, 0.15) is 17.4 Å². The van der Waals surface area contributed by atoms with Crippen molar-refractivity contribution in [3.05, 3.63) is 35.5 Å². The van der Waals surface area contributed by atoms with Crippen molar-refractivity contribution in [1.82, 2.24) is 4.57 Å². The first-order valence-corrected chi connectivity index (χ1v) is 5.71. The number of aromatic nitrogens is 1. The Labute approximate surface area is 99.4 Å². The predicted molar refractivity (Wildman–Crippen MR) is 63.5 cm³/mol. The highest BCUT2D eigenvalue weighted by atomic mass is 16.7. The number of aliphatic hydroxyl groups excluding tert-OH is 1. The molecular weight excluding hydrogens is 218 g/mol. The molecule has 1 aliphatic rings. The zero-order valence-electron chi connectivity index (χ0n) is 9.72. The normalized spacial score (nSPS) is 17.1. The lowest BCUT2D eigenvalue weighted by molar-refractivity contribution is -0.0430. The van der Waals surface area contributed by atoms with Gasteiger partial charge in [-0.15, -0.1) is 0 Å². The van der Waals surface area contributed by atoms with Crippen molar-refractivity contribution in [2.75, 3.05) is 13.2 Å². The summed E-state index contributed by atoms with van der Waals surface area (Å²) in [6, 6.07) is 5.94. The summed E-state index contributed by atoms with van der Waals surface area (Å²) in [7, 11) is 1.99. The maximum atomic E-state index is 9.15. The molecule has 4 heteroatoms. The molecule has 0 saturated carbocycles. The molecule has 1 aromatic carbocycles. The molecule has 1 aromatic heterocycles. The lowest BCUT2D eigenvalue weighted by Gasteiger charge is -2.07. The Kier molecular flexibility index (Phi) is 2.63. The number of fused-ring (bicyclic) bond motifs is 1. The summed E-state index contributed by atoms with van der Waals surface area (Å²) in [5.74, 6) is 0. The van der Waals surface area contributed by atoms with Gasteiger partial charge in [-0.3, -0.25) is 0 Å². The van der Waals surface area contributed by atoms with E-state index >= 15 is 0 Å². The molecular formula is C13H15NO3. The Morgan fingerprint density at radius 3 is 2.82 bits per heavy atom. The second kappa shape index (κ2) is 4.14. The summed E-state index contributed by atoms with van der Waals surface area (Å²) in [4.78, 5) is 0. The fourth-order valence-corrected chi connectivity index (χ4v) is 2.29. The van der Waals surface area contributed by atoms with E-state index in [0.29, 0.717) is 13.2 Å². The van der Waals surface area contributed by atoms with Crippen molar-refractivity contribution in [2.45, 2.75) is 12.9 Å². The number of aliphatic hydroxyl groups is 1. The number of aryl methyl sites for hydroxylation is 1. The van der Waals surface area contributed by atoms with Crippen molar-refractivity contribution in [1.29, 1.82) is 0 Å². The van der Waals surface area contributed by atoms with Gasteiger partial charge >= 0.3 is 0 Å². The van der Waals surface area contributed by atoms with E-state index in [-0.39, 0.29) is 12.9 Å². The first-order valence-electron chi connectivity index (χ1n) is 5.71. The van der Waals surface area contributed by atoms with Gasteiger partial charge in [0.05, 0.1) is 19.8 Å². The highest BCUT2D eigenvalue weighted by molar-refractivity contribution is 5.84. The van der Waals surface area contributed by atoms with Gasteiger partial charge in [0.25, 0.3) is 0 Å². The highest BCUT2D eigenvalue weighted by Crippen LogP contribution is 2.31. The maximum Gasteiger partial charge on any atom is 0.186 e. The van der Waals surface area contributed by atoms with Crippen LogP contribution in [0.4, 0.5) is 0 Å². The monoisotopic (exact) mass is 233 g/mol. The molecule has 0 spiro atoms. The van der Waals surface area contributed by atoms with Crippen molar-refractivity contribution in [2.24, 2.45) is 7.05 Å². The number of nitrogens with zero attached hydrogens (tertiary/aromatic N) is 1. The average Bonchev–Trinajstić information content (AvgIpc) is 2.97. The third kappa shape index (κ3) is 1.74. The van der Waals surface area contributed by atoms with Gasteiger partial charge in [-0.1, -0.05) is 12.1 Å². The van der Waals surface area contributed by atoms with Crippen LogP contribution in [-0.4, -0.2) is 22.9 Å². The number of hydrogen-bond acceptors (Lipinski definition) is 3. The molecule has 0 unspecified atom stereocenters. The van der Waals surface area contributed by atoms with Gasteiger partial charge in [-0.2, -0.15) is 0 Å². The van der Waals surface area contributed by atoms with Gasteiger partial charge in [-0.25, -0.2) is 0 Å². The van der Waals surface area contributed by atoms with Crippen LogP contribution >= 0.6 is 0 Å². The lowest BCUT2D eigenvalue weighted by Crippen LogP contribution is -1.96. The molecule has 90 valence electrons. The molecule has 4 nitrogen and oxygen atoms in total. The number of benzene rings is 1. The topological polar surface area (TPSA) is 43.6 Å². The lowest BCUT2D eigenvalue weighted by atomic mass is 10.1. The quantitative estimate of drug-likeness (QED) is 0.858. The fraction of sp³-hybridized carbons (Fsp3) is 0.385. The van der Waals surface area contributed by atoms with Gasteiger partial charge in [-0.05, 0) is 11.6 Å². The molecule has 2 aromatic rings. The molecule has 1 N–H and O–H groups in total. The van der Waals surface area contributed by atoms with Crippen LogP contribution in [0, 0.1) is 0 Å². The number of rotatable bonds is 2. The van der Waals surface area contributed by atoms with E-state index < -0.39 is 0 Å². The standard InChI is InChI=1S/C13H15NO3/c1-14-7-11(13-16-4-5-17-13)10-3-2-9(8-15)6-12(10)14/h2-3,6-7,13,15H,4-5,8H2,1H3. The number of ether oxygens (including phenoxy) is 2. The van der Waals surface area contributed by atoms with Gasteiger partial charge in [0.2, 0.25) is 0 Å². The molecule has 1 saturated heterocycles. The zero-order chi connectivity index (χ0) is 11.8. The molecule has 3 rings (SSSR count). The van der Waals surface area contributed by atoms with Gasteiger partial charge in [0.1, 0.15) is 0 Å². The molecule has 1 aliphatic heterocycles. The third-order valence-electron chi connectivity index (χ3n) is 3.14. The predicted octanol–water partition coefficient (Wildman–Crippen LogP) is 1.72. The second-order valence-corrected chi connectivity index (χ2v) is 4.28. The minimum atomic E-state index is -0.251. The maximum absolute atomic E-state index is 9.15. The van der Waals surface area contributed by atoms with Gasteiger partial charge < -0.3 is 19.1 Å². The fourth-order valence-electron chi connectivity index (χ4n) is 2.29. The van der Waals surface area contributed by atoms with Crippen LogP contribution in [0.25, 0.3) is 10.9 Å². The summed E-state index contributed by atoms with van der Waals surface area (Å²) < 4.78 is 13.1. The summed E-state index contributed by atoms with van der Waals surface area (Å²) in [5, 5.41) is 10.3. The molecule has 2 heterocycles. The largest absolute Gasteiger partial charge is 0.392 e. The van der Waals surface area contributed by atoms with E-state index in [1.165, 1.54) is 0 Å². The van der Waals surface area contributed by atoms with Crippen LogP contribution in [0.15, 0.2) is 24.4 Å². The van der Waals surface area contributed by atoms with E-state index in [2.05, 4.69) is 0 Å². The summed E-state index contributed by atoms with van der Waals surface area (Å²) >= 11 is 0. The summed E-state index contributed by atoms with van der Waals surface area (Å²) in [6.45, 7) is 1.36. The molecule has 0 bridgehead atoms. The van der Waals surface area contributed by atoms with Crippen LogP contribution in [0.3, 0.4) is 0 Å². The summed E-state index contributed by atoms with van der Waals surface area (Å²) in [6.07, 6.45) is 1.78. The van der Waals surface area contributed by atoms with Gasteiger partial charge in [0.15, 0.2) is 6.29 Å². The van der Waals surface area contributed by atoms with Crippen molar-refractivity contribution >= 4 is 10.9 Å².